The van der Waals surface area contributed by atoms with E-state index in [4.69, 9.17) is 9.47 Å². The minimum Gasteiger partial charge on any atom is -0.383 e. The van der Waals surface area contributed by atoms with Crippen LogP contribution in [0.5, 0.6) is 0 Å². The van der Waals surface area contributed by atoms with Gasteiger partial charge in [-0.3, -0.25) is 4.79 Å². The standard InChI is InChI=1S/C12H24N2O3/c1-10(12(15)13-5-7-16-2)14-8-11-4-3-6-17-9-11/h10-11,14H,3-9H2,1-2H3,(H,13,15). The predicted molar refractivity (Wildman–Crippen MR) is 65.9 cm³/mol. The zero-order valence-corrected chi connectivity index (χ0v) is 10.8. The van der Waals surface area contributed by atoms with E-state index in [9.17, 15) is 4.79 Å². The molecule has 0 aromatic rings. The summed E-state index contributed by atoms with van der Waals surface area (Å²) in [6.07, 6.45) is 2.31. The zero-order chi connectivity index (χ0) is 12.5. The highest BCUT2D eigenvalue weighted by Crippen LogP contribution is 2.12. The molecule has 2 unspecified atom stereocenters. The summed E-state index contributed by atoms with van der Waals surface area (Å²) in [6, 6.07) is -0.159. The van der Waals surface area contributed by atoms with Gasteiger partial charge in [-0.2, -0.15) is 0 Å². The Balaban J connectivity index is 2.10. The Kier molecular flexibility index (Phi) is 7.16. The van der Waals surface area contributed by atoms with Crippen LogP contribution < -0.4 is 10.6 Å². The number of carbonyl (C=O) groups excluding carboxylic acids is 1. The normalized spacial score (nSPS) is 22.1. The van der Waals surface area contributed by atoms with Gasteiger partial charge < -0.3 is 20.1 Å². The fraction of sp³-hybridized carbons (Fsp3) is 0.917. The van der Waals surface area contributed by atoms with Crippen molar-refractivity contribution >= 4 is 5.91 Å². The fourth-order valence-corrected chi connectivity index (χ4v) is 1.83. The van der Waals surface area contributed by atoms with Crippen LogP contribution >= 0.6 is 0 Å². The molecule has 5 heteroatoms. The topological polar surface area (TPSA) is 59.6 Å². The van der Waals surface area contributed by atoms with E-state index < -0.39 is 0 Å². The minimum absolute atomic E-state index is 0.0266. The Morgan fingerprint density at radius 1 is 1.59 bits per heavy atom. The maximum Gasteiger partial charge on any atom is 0.236 e. The minimum atomic E-state index is -0.159. The molecule has 0 aromatic carbocycles. The molecule has 1 aliphatic heterocycles. The monoisotopic (exact) mass is 244 g/mol. The molecule has 1 amide bonds. The van der Waals surface area contributed by atoms with Gasteiger partial charge in [-0.05, 0) is 25.7 Å². The lowest BCUT2D eigenvalue weighted by molar-refractivity contribution is -0.123. The van der Waals surface area contributed by atoms with Crippen molar-refractivity contribution in [1.82, 2.24) is 10.6 Å². The Morgan fingerprint density at radius 2 is 2.41 bits per heavy atom. The van der Waals surface area contributed by atoms with Crippen LogP contribution in [0, 0.1) is 5.92 Å². The zero-order valence-electron chi connectivity index (χ0n) is 10.8. The molecule has 2 N–H and O–H groups in total. The van der Waals surface area contributed by atoms with Crippen molar-refractivity contribution in [3.63, 3.8) is 0 Å². The molecule has 0 aromatic heterocycles. The first-order chi connectivity index (χ1) is 8.24. The summed E-state index contributed by atoms with van der Waals surface area (Å²) in [5.74, 6) is 0.566. The summed E-state index contributed by atoms with van der Waals surface area (Å²) in [5, 5.41) is 6.06. The van der Waals surface area contributed by atoms with E-state index in [-0.39, 0.29) is 11.9 Å². The molecular formula is C12H24N2O3. The van der Waals surface area contributed by atoms with E-state index >= 15 is 0 Å². The van der Waals surface area contributed by atoms with E-state index in [2.05, 4.69) is 10.6 Å². The molecular weight excluding hydrogens is 220 g/mol. The number of ether oxygens (including phenoxy) is 2. The third-order valence-corrected chi connectivity index (χ3v) is 2.97. The van der Waals surface area contributed by atoms with E-state index in [1.165, 1.54) is 6.42 Å². The smallest absolute Gasteiger partial charge is 0.236 e. The van der Waals surface area contributed by atoms with Crippen LogP contribution in [0.3, 0.4) is 0 Å². The van der Waals surface area contributed by atoms with Gasteiger partial charge in [-0.1, -0.05) is 0 Å². The van der Waals surface area contributed by atoms with Crippen LogP contribution in [0.2, 0.25) is 0 Å². The number of rotatable bonds is 7. The average molecular weight is 244 g/mol. The quantitative estimate of drug-likeness (QED) is 0.626. The first kappa shape index (κ1) is 14.4. The van der Waals surface area contributed by atoms with Gasteiger partial charge in [-0.15, -0.1) is 0 Å². The van der Waals surface area contributed by atoms with E-state index in [0.717, 1.165) is 26.2 Å². The number of methoxy groups -OCH3 is 1. The third-order valence-electron chi connectivity index (χ3n) is 2.97. The molecule has 1 rings (SSSR count). The van der Waals surface area contributed by atoms with Crippen molar-refractivity contribution in [2.45, 2.75) is 25.8 Å². The Morgan fingerprint density at radius 3 is 3.06 bits per heavy atom. The first-order valence-electron chi connectivity index (χ1n) is 6.31. The lowest BCUT2D eigenvalue weighted by atomic mass is 10.0. The second-order valence-corrected chi connectivity index (χ2v) is 4.50. The second kappa shape index (κ2) is 8.44. The van der Waals surface area contributed by atoms with E-state index in [0.29, 0.717) is 19.1 Å². The number of hydrogen-bond donors (Lipinski definition) is 2. The molecule has 1 heterocycles. The molecule has 0 bridgehead atoms. The third kappa shape index (κ3) is 6.00. The summed E-state index contributed by atoms with van der Waals surface area (Å²) >= 11 is 0. The highest BCUT2D eigenvalue weighted by Gasteiger charge is 2.17. The molecule has 5 nitrogen and oxygen atoms in total. The number of nitrogens with one attached hydrogen (secondary N) is 2. The fourth-order valence-electron chi connectivity index (χ4n) is 1.83. The molecule has 0 saturated carbocycles. The summed E-state index contributed by atoms with van der Waals surface area (Å²) in [4.78, 5) is 11.6. The second-order valence-electron chi connectivity index (χ2n) is 4.50. The van der Waals surface area contributed by atoms with Crippen molar-refractivity contribution in [1.29, 1.82) is 0 Å². The van der Waals surface area contributed by atoms with Gasteiger partial charge in [0.2, 0.25) is 5.91 Å². The van der Waals surface area contributed by atoms with Crippen molar-refractivity contribution in [3.05, 3.63) is 0 Å². The average Bonchev–Trinajstić information content (AvgIpc) is 2.37. The molecule has 17 heavy (non-hydrogen) atoms. The molecule has 1 saturated heterocycles. The molecule has 0 radical (unpaired) electrons. The molecule has 100 valence electrons. The van der Waals surface area contributed by atoms with Crippen molar-refractivity contribution in [2.24, 2.45) is 5.92 Å². The largest absolute Gasteiger partial charge is 0.383 e. The molecule has 0 aliphatic carbocycles. The van der Waals surface area contributed by atoms with Crippen LogP contribution in [0.15, 0.2) is 0 Å². The maximum absolute atomic E-state index is 11.6. The molecule has 1 fully saturated rings. The van der Waals surface area contributed by atoms with Crippen LogP contribution in [0.4, 0.5) is 0 Å². The SMILES string of the molecule is COCCNC(=O)C(C)NCC1CCCOC1. The molecule has 1 aliphatic rings. The summed E-state index contributed by atoms with van der Waals surface area (Å²) in [5.41, 5.74) is 0. The van der Waals surface area contributed by atoms with E-state index in [1.807, 2.05) is 6.92 Å². The van der Waals surface area contributed by atoms with Crippen LogP contribution in [0.1, 0.15) is 19.8 Å². The van der Waals surface area contributed by atoms with Gasteiger partial charge >= 0.3 is 0 Å². The predicted octanol–water partition coefficient (Wildman–Crippen LogP) is 0.154. The Labute approximate surface area is 103 Å². The van der Waals surface area contributed by atoms with Gasteiger partial charge in [0, 0.05) is 26.8 Å². The Hall–Kier alpha value is -0.650. The van der Waals surface area contributed by atoms with Gasteiger partial charge in [-0.25, -0.2) is 0 Å². The van der Waals surface area contributed by atoms with Crippen molar-refractivity contribution in [3.8, 4) is 0 Å². The Bertz CT molecular complexity index is 218. The van der Waals surface area contributed by atoms with Crippen LogP contribution in [-0.2, 0) is 14.3 Å². The number of hydrogen-bond acceptors (Lipinski definition) is 4. The van der Waals surface area contributed by atoms with Gasteiger partial charge in [0.05, 0.1) is 19.3 Å². The van der Waals surface area contributed by atoms with Crippen LogP contribution in [0.25, 0.3) is 0 Å². The van der Waals surface area contributed by atoms with Crippen molar-refractivity contribution < 1.29 is 14.3 Å². The van der Waals surface area contributed by atoms with Gasteiger partial charge in [0.15, 0.2) is 0 Å². The first-order valence-corrected chi connectivity index (χ1v) is 6.31. The summed E-state index contributed by atoms with van der Waals surface area (Å²) < 4.78 is 10.3. The maximum atomic E-state index is 11.6. The molecule has 2 atom stereocenters. The van der Waals surface area contributed by atoms with Crippen LogP contribution in [-0.4, -0.2) is 52.0 Å². The summed E-state index contributed by atoms with van der Waals surface area (Å²) in [6.45, 7) is 5.53. The number of amides is 1. The lowest BCUT2D eigenvalue weighted by Crippen LogP contribution is -2.45. The molecule has 0 spiro atoms. The van der Waals surface area contributed by atoms with Gasteiger partial charge in [0.25, 0.3) is 0 Å². The van der Waals surface area contributed by atoms with Crippen molar-refractivity contribution in [2.75, 3.05) is 40.0 Å². The highest BCUT2D eigenvalue weighted by atomic mass is 16.5. The summed E-state index contributed by atoms with van der Waals surface area (Å²) in [7, 11) is 1.62. The number of carbonyl (C=O) groups is 1. The lowest BCUT2D eigenvalue weighted by Gasteiger charge is -2.24. The van der Waals surface area contributed by atoms with Gasteiger partial charge in [0.1, 0.15) is 0 Å². The van der Waals surface area contributed by atoms with E-state index in [1.54, 1.807) is 7.11 Å². The highest BCUT2D eigenvalue weighted by molar-refractivity contribution is 5.81.